The van der Waals surface area contributed by atoms with E-state index in [0.717, 1.165) is 74.1 Å². The van der Waals surface area contributed by atoms with E-state index in [4.69, 9.17) is 4.52 Å². The van der Waals surface area contributed by atoms with Crippen molar-refractivity contribution in [1.82, 2.24) is 24.9 Å². The molecule has 1 aliphatic heterocycles. The van der Waals surface area contributed by atoms with E-state index in [2.05, 4.69) is 39.9 Å². The van der Waals surface area contributed by atoms with Gasteiger partial charge in [-0.15, -0.1) is 0 Å². The van der Waals surface area contributed by atoms with E-state index < -0.39 is 0 Å². The number of rotatable bonds is 8. The van der Waals surface area contributed by atoms with E-state index in [1.165, 1.54) is 0 Å². The third-order valence-corrected chi connectivity index (χ3v) is 6.20. The van der Waals surface area contributed by atoms with Crippen LogP contribution in [0.25, 0.3) is 0 Å². The van der Waals surface area contributed by atoms with Crippen molar-refractivity contribution in [3.05, 3.63) is 34.6 Å². The SMILES string of the molecule is CCN(CC)Cc1c(C(=O)N2CCC(Cc3cc(N(C)C)nc(C)n3)CC2)noc1C. The number of likely N-dealkylation sites (tertiary alicyclic amines) is 1. The van der Waals surface area contributed by atoms with Crippen molar-refractivity contribution < 1.29 is 9.32 Å². The van der Waals surface area contributed by atoms with Crippen LogP contribution in [0.5, 0.6) is 0 Å². The predicted octanol–water partition coefficient (Wildman–Crippen LogP) is 3.08. The van der Waals surface area contributed by atoms with Gasteiger partial charge in [-0.25, -0.2) is 9.97 Å². The Balaban J connectivity index is 1.62. The molecule has 0 atom stereocenters. The number of piperidine rings is 1. The number of aryl methyl sites for hydroxylation is 2. The summed E-state index contributed by atoms with van der Waals surface area (Å²) in [6.45, 7) is 12.1. The van der Waals surface area contributed by atoms with Crippen molar-refractivity contribution >= 4 is 11.7 Å². The van der Waals surface area contributed by atoms with Crippen LogP contribution in [-0.4, -0.2) is 71.1 Å². The summed E-state index contributed by atoms with van der Waals surface area (Å²) in [7, 11) is 3.99. The largest absolute Gasteiger partial charge is 0.363 e. The Labute approximate surface area is 185 Å². The lowest BCUT2D eigenvalue weighted by molar-refractivity contribution is 0.0678. The topological polar surface area (TPSA) is 78.6 Å². The quantitative estimate of drug-likeness (QED) is 0.639. The Kier molecular flexibility index (Phi) is 7.64. The fourth-order valence-corrected chi connectivity index (χ4v) is 4.15. The zero-order valence-corrected chi connectivity index (χ0v) is 19.8. The number of hydrogen-bond donors (Lipinski definition) is 0. The Morgan fingerprint density at radius 3 is 2.45 bits per heavy atom. The van der Waals surface area contributed by atoms with E-state index >= 15 is 0 Å². The molecule has 0 spiro atoms. The molecule has 0 N–H and O–H groups in total. The predicted molar refractivity (Wildman–Crippen MR) is 121 cm³/mol. The minimum Gasteiger partial charge on any atom is -0.363 e. The van der Waals surface area contributed by atoms with Crippen LogP contribution >= 0.6 is 0 Å². The normalized spacial score (nSPS) is 15.0. The van der Waals surface area contributed by atoms with Crippen molar-refractivity contribution in [2.75, 3.05) is 45.2 Å². The molecule has 0 radical (unpaired) electrons. The summed E-state index contributed by atoms with van der Waals surface area (Å²) in [5.41, 5.74) is 2.48. The Morgan fingerprint density at radius 1 is 1.16 bits per heavy atom. The second-order valence-corrected chi connectivity index (χ2v) is 8.63. The molecule has 0 unspecified atom stereocenters. The fraction of sp³-hybridized carbons (Fsp3) is 0.652. The second-order valence-electron chi connectivity index (χ2n) is 8.63. The highest BCUT2D eigenvalue weighted by Crippen LogP contribution is 2.25. The summed E-state index contributed by atoms with van der Waals surface area (Å²) < 4.78 is 5.40. The third-order valence-electron chi connectivity index (χ3n) is 6.20. The van der Waals surface area contributed by atoms with Crippen LogP contribution in [0.2, 0.25) is 0 Å². The molecular formula is C23H36N6O2. The van der Waals surface area contributed by atoms with Gasteiger partial charge in [0.05, 0.1) is 0 Å². The Bertz CT molecular complexity index is 882. The van der Waals surface area contributed by atoms with Crippen molar-refractivity contribution in [2.24, 2.45) is 5.92 Å². The van der Waals surface area contributed by atoms with Gasteiger partial charge in [0.1, 0.15) is 17.4 Å². The van der Waals surface area contributed by atoms with Crippen LogP contribution in [0.4, 0.5) is 5.82 Å². The van der Waals surface area contributed by atoms with Crippen LogP contribution in [0.3, 0.4) is 0 Å². The van der Waals surface area contributed by atoms with E-state index in [-0.39, 0.29) is 5.91 Å². The molecule has 1 saturated heterocycles. The van der Waals surface area contributed by atoms with Gasteiger partial charge in [0.25, 0.3) is 5.91 Å². The summed E-state index contributed by atoms with van der Waals surface area (Å²) in [5.74, 6) is 2.99. The van der Waals surface area contributed by atoms with E-state index in [9.17, 15) is 4.79 Å². The van der Waals surface area contributed by atoms with Crippen LogP contribution < -0.4 is 4.90 Å². The molecule has 1 fully saturated rings. The standard InChI is InChI=1S/C23H36N6O2/c1-7-28(8-2)15-20-16(3)31-26-22(20)23(30)29-11-9-18(10-12-29)13-19-14-21(27(5)6)25-17(4)24-19/h14,18H,7-13,15H2,1-6H3. The molecule has 2 aromatic rings. The number of amides is 1. The van der Waals surface area contributed by atoms with E-state index in [1.807, 2.05) is 37.7 Å². The van der Waals surface area contributed by atoms with Crippen molar-refractivity contribution in [2.45, 2.75) is 53.5 Å². The molecule has 0 aliphatic carbocycles. The second kappa shape index (κ2) is 10.2. The highest BCUT2D eigenvalue weighted by molar-refractivity contribution is 5.93. The summed E-state index contributed by atoms with van der Waals surface area (Å²) in [5, 5.41) is 4.12. The Hall–Kier alpha value is -2.48. The molecule has 1 amide bonds. The van der Waals surface area contributed by atoms with Gasteiger partial charge in [-0.3, -0.25) is 9.69 Å². The van der Waals surface area contributed by atoms with Crippen LogP contribution in [-0.2, 0) is 13.0 Å². The minimum absolute atomic E-state index is 0.00905. The average molecular weight is 429 g/mol. The van der Waals surface area contributed by atoms with Gasteiger partial charge < -0.3 is 14.3 Å². The smallest absolute Gasteiger partial charge is 0.276 e. The number of anilines is 1. The highest BCUT2D eigenvalue weighted by atomic mass is 16.5. The Morgan fingerprint density at radius 2 is 1.84 bits per heavy atom. The maximum atomic E-state index is 13.2. The number of carbonyl (C=O) groups excluding carboxylic acids is 1. The van der Waals surface area contributed by atoms with Gasteiger partial charge in [-0.1, -0.05) is 19.0 Å². The average Bonchev–Trinajstić information content (AvgIpc) is 3.11. The van der Waals surface area contributed by atoms with Crippen LogP contribution in [0.15, 0.2) is 10.6 Å². The van der Waals surface area contributed by atoms with Crippen molar-refractivity contribution in [1.29, 1.82) is 0 Å². The first-order valence-corrected chi connectivity index (χ1v) is 11.3. The molecule has 170 valence electrons. The zero-order valence-electron chi connectivity index (χ0n) is 19.8. The monoisotopic (exact) mass is 428 g/mol. The third kappa shape index (κ3) is 5.61. The molecular weight excluding hydrogens is 392 g/mol. The summed E-state index contributed by atoms with van der Waals surface area (Å²) in [6.07, 6.45) is 2.85. The fourth-order valence-electron chi connectivity index (χ4n) is 4.15. The lowest BCUT2D eigenvalue weighted by Gasteiger charge is -2.31. The lowest BCUT2D eigenvalue weighted by atomic mass is 9.91. The molecule has 0 saturated carbocycles. The molecule has 8 heteroatoms. The molecule has 2 aromatic heterocycles. The van der Waals surface area contributed by atoms with Crippen LogP contribution in [0, 0.1) is 19.8 Å². The maximum absolute atomic E-state index is 13.2. The van der Waals surface area contributed by atoms with E-state index in [1.54, 1.807) is 0 Å². The first-order valence-electron chi connectivity index (χ1n) is 11.3. The van der Waals surface area contributed by atoms with Crippen molar-refractivity contribution in [3.63, 3.8) is 0 Å². The lowest BCUT2D eigenvalue weighted by Crippen LogP contribution is -2.39. The number of nitrogens with zero attached hydrogens (tertiary/aromatic N) is 6. The first kappa shape index (κ1) is 23.2. The van der Waals surface area contributed by atoms with Crippen molar-refractivity contribution in [3.8, 4) is 0 Å². The number of aromatic nitrogens is 3. The zero-order chi connectivity index (χ0) is 22.5. The minimum atomic E-state index is -0.00905. The van der Waals surface area contributed by atoms with Gasteiger partial charge in [-0.2, -0.15) is 0 Å². The number of carbonyl (C=O) groups is 1. The highest BCUT2D eigenvalue weighted by Gasteiger charge is 2.29. The molecule has 3 heterocycles. The maximum Gasteiger partial charge on any atom is 0.276 e. The summed E-state index contributed by atoms with van der Waals surface area (Å²) >= 11 is 0. The number of hydrogen-bond acceptors (Lipinski definition) is 7. The molecule has 3 rings (SSSR count). The summed E-state index contributed by atoms with van der Waals surface area (Å²) in [4.78, 5) is 28.5. The molecule has 31 heavy (non-hydrogen) atoms. The molecule has 0 bridgehead atoms. The van der Waals surface area contributed by atoms with E-state index in [0.29, 0.717) is 18.2 Å². The van der Waals surface area contributed by atoms with Gasteiger partial charge in [0, 0.05) is 51.1 Å². The van der Waals surface area contributed by atoms with Crippen LogP contribution in [0.1, 0.15) is 60.0 Å². The van der Waals surface area contributed by atoms with Gasteiger partial charge >= 0.3 is 0 Å². The summed E-state index contributed by atoms with van der Waals surface area (Å²) in [6, 6.07) is 2.07. The molecule has 0 aromatic carbocycles. The molecule has 1 aliphatic rings. The first-order chi connectivity index (χ1) is 14.8. The molecule has 8 nitrogen and oxygen atoms in total. The van der Waals surface area contributed by atoms with Gasteiger partial charge in [-0.05, 0) is 52.1 Å². The van der Waals surface area contributed by atoms with Gasteiger partial charge in [0.2, 0.25) is 0 Å². The van der Waals surface area contributed by atoms with Gasteiger partial charge in [0.15, 0.2) is 5.69 Å².